The molecule has 0 aliphatic heterocycles. The molecule has 1 aromatic heterocycles. The fourth-order valence-corrected chi connectivity index (χ4v) is 2.85. The third kappa shape index (κ3) is 5.15. The molecule has 27 heavy (non-hydrogen) atoms. The number of halogens is 2. The molecule has 1 atom stereocenters. The smallest absolute Gasteiger partial charge is 0.191 e. The number of pyridine rings is 1. The molecule has 0 saturated heterocycles. The maximum absolute atomic E-state index is 13.8. The number of benzene rings is 2. The van der Waals surface area contributed by atoms with Gasteiger partial charge in [0.2, 0.25) is 0 Å². The van der Waals surface area contributed by atoms with Crippen molar-refractivity contribution in [1.29, 1.82) is 0 Å². The molecular weight excluding hydrogens is 454 g/mol. The Morgan fingerprint density at radius 2 is 1.96 bits per heavy atom. The normalized spacial score (nSPS) is 12.4. The second-order valence-electron chi connectivity index (χ2n) is 6.29. The molecule has 0 aliphatic carbocycles. The van der Waals surface area contributed by atoms with Crippen LogP contribution < -0.4 is 10.6 Å². The van der Waals surface area contributed by atoms with Gasteiger partial charge in [-0.2, -0.15) is 0 Å². The molecule has 3 rings (SSSR count). The molecule has 1 unspecified atom stereocenters. The minimum Gasteiger partial charge on any atom is -0.352 e. The van der Waals surface area contributed by atoms with Crippen LogP contribution in [0.2, 0.25) is 0 Å². The number of fused-ring (bicyclic) bond motifs is 1. The highest BCUT2D eigenvalue weighted by Crippen LogP contribution is 2.17. The summed E-state index contributed by atoms with van der Waals surface area (Å²) in [4.78, 5) is 8.66. The van der Waals surface area contributed by atoms with E-state index in [-0.39, 0.29) is 35.8 Å². The molecule has 0 aliphatic rings. The zero-order valence-electron chi connectivity index (χ0n) is 15.7. The van der Waals surface area contributed by atoms with Crippen LogP contribution in [0.4, 0.5) is 4.39 Å². The van der Waals surface area contributed by atoms with Crippen LogP contribution in [0.15, 0.2) is 59.7 Å². The van der Waals surface area contributed by atoms with Crippen LogP contribution in [0.25, 0.3) is 10.9 Å². The lowest BCUT2D eigenvalue weighted by Crippen LogP contribution is -2.38. The number of aromatic nitrogens is 1. The molecule has 3 aromatic rings. The molecule has 0 fully saturated rings. The lowest BCUT2D eigenvalue weighted by molar-refractivity contribution is 0.607. The van der Waals surface area contributed by atoms with Crippen LogP contribution in [0.1, 0.15) is 29.7 Å². The van der Waals surface area contributed by atoms with Gasteiger partial charge in [-0.15, -0.1) is 24.0 Å². The first kappa shape index (κ1) is 21.1. The van der Waals surface area contributed by atoms with Gasteiger partial charge in [0.25, 0.3) is 0 Å². The second kappa shape index (κ2) is 9.64. The van der Waals surface area contributed by atoms with Crippen LogP contribution in [0.3, 0.4) is 0 Å². The summed E-state index contributed by atoms with van der Waals surface area (Å²) in [5, 5.41) is 7.74. The SMILES string of the molecule is CN=C(NCc1ccnc2ccccc12)NC(C)c1ccc(C)c(F)c1.I. The third-order valence-electron chi connectivity index (χ3n) is 4.46. The molecule has 0 amide bonds. The van der Waals surface area contributed by atoms with Gasteiger partial charge in [-0.25, -0.2) is 4.39 Å². The van der Waals surface area contributed by atoms with E-state index in [0.29, 0.717) is 18.1 Å². The van der Waals surface area contributed by atoms with E-state index in [9.17, 15) is 4.39 Å². The van der Waals surface area contributed by atoms with Gasteiger partial charge in [-0.3, -0.25) is 9.98 Å². The average Bonchev–Trinajstić information content (AvgIpc) is 2.67. The van der Waals surface area contributed by atoms with E-state index in [2.05, 4.69) is 26.7 Å². The molecule has 6 heteroatoms. The van der Waals surface area contributed by atoms with E-state index < -0.39 is 0 Å². The van der Waals surface area contributed by atoms with Gasteiger partial charge in [0, 0.05) is 25.2 Å². The van der Waals surface area contributed by atoms with Crippen molar-refractivity contribution in [2.45, 2.75) is 26.4 Å². The molecule has 0 bridgehead atoms. The van der Waals surface area contributed by atoms with E-state index in [1.54, 1.807) is 26.1 Å². The van der Waals surface area contributed by atoms with Gasteiger partial charge in [0.1, 0.15) is 5.82 Å². The summed E-state index contributed by atoms with van der Waals surface area (Å²) < 4.78 is 13.8. The topological polar surface area (TPSA) is 49.3 Å². The Balaban J connectivity index is 0.00000261. The Bertz CT molecular complexity index is 937. The van der Waals surface area contributed by atoms with Gasteiger partial charge < -0.3 is 10.6 Å². The van der Waals surface area contributed by atoms with E-state index >= 15 is 0 Å². The van der Waals surface area contributed by atoms with Crippen molar-refractivity contribution in [2.24, 2.45) is 4.99 Å². The summed E-state index contributed by atoms with van der Waals surface area (Å²) in [7, 11) is 1.72. The first-order chi connectivity index (χ1) is 12.6. The lowest BCUT2D eigenvalue weighted by Gasteiger charge is -2.19. The van der Waals surface area contributed by atoms with E-state index in [0.717, 1.165) is 22.0 Å². The molecule has 1 heterocycles. The number of hydrogen-bond acceptors (Lipinski definition) is 2. The monoisotopic (exact) mass is 478 g/mol. The molecule has 4 nitrogen and oxygen atoms in total. The average molecular weight is 478 g/mol. The van der Waals surface area contributed by atoms with E-state index in [4.69, 9.17) is 0 Å². The standard InChI is InChI=1S/C21H23FN4.HI/c1-14-8-9-16(12-19(14)22)15(2)26-21(23-3)25-13-17-10-11-24-20-7-5-4-6-18(17)20;/h4-12,15H,13H2,1-3H3,(H2,23,25,26);1H. The summed E-state index contributed by atoms with van der Waals surface area (Å²) >= 11 is 0. The Morgan fingerprint density at radius 1 is 1.19 bits per heavy atom. The highest BCUT2D eigenvalue weighted by atomic mass is 127. The number of guanidine groups is 1. The minimum atomic E-state index is -0.192. The zero-order valence-corrected chi connectivity index (χ0v) is 18.0. The molecule has 0 spiro atoms. The van der Waals surface area contributed by atoms with Crippen molar-refractivity contribution in [1.82, 2.24) is 15.6 Å². The first-order valence-electron chi connectivity index (χ1n) is 8.64. The summed E-state index contributed by atoms with van der Waals surface area (Å²) in [6.07, 6.45) is 1.81. The van der Waals surface area contributed by atoms with Crippen molar-refractivity contribution in [3.63, 3.8) is 0 Å². The maximum atomic E-state index is 13.8. The molecule has 0 saturated carbocycles. The number of rotatable bonds is 4. The van der Waals surface area contributed by atoms with Crippen molar-refractivity contribution in [3.05, 3.63) is 77.2 Å². The summed E-state index contributed by atoms with van der Waals surface area (Å²) in [6.45, 7) is 4.37. The lowest BCUT2D eigenvalue weighted by atomic mass is 10.1. The molecule has 2 N–H and O–H groups in total. The van der Waals surface area contributed by atoms with Gasteiger partial charge in [-0.1, -0.05) is 30.3 Å². The zero-order chi connectivity index (χ0) is 18.5. The Labute approximate surface area is 176 Å². The number of hydrogen-bond donors (Lipinski definition) is 2. The third-order valence-corrected chi connectivity index (χ3v) is 4.46. The van der Waals surface area contributed by atoms with Crippen LogP contribution in [-0.4, -0.2) is 18.0 Å². The Morgan fingerprint density at radius 3 is 2.70 bits per heavy atom. The number of aryl methyl sites for hydroxylation is 1. The fourth-order valence-electron chi connectivity index (χ4n) is 2.85. The van der Waals surface area contributed by atoms with Crippen LogP contribution in [-0.2, 0) is 6.54 Å². The predicted molar refractivity (Wildman–Crippen MR) is 120 cm³/mol. The van der Waals surface area contributed by atoms with Crippen LogP contribution in [0, 0.1) is 12.7 Å². The molecule has 0 radical (unpaired) electrons. The summed E-state index contributed by atoms with van der Waals surface area (Å²) in [6, 6.07) is 15.3. The van der Waals surface area contributed by atoms with Gasteiger partial charge in [0.15, 0.2) is 5.96 Å². The van der Waals surface area contributed by atoms with E-state index in [1.807, 2.05) is 43.5 Å². The van der Waals surface area contributed by atoms with Crippen molar-refractivity contribution >= 4 is 40.8 Å². The summed E-state index contributed by atoms with van der Waals surface area (Å²) in [5.74, 6) is 0.474. The van der Waals surface area contributed by atoms with Gasteiger partial charge in [0.05, 0.1) is 11.6 Å². The molecular formula is C21H24FIN4. The van der Waals surface area contributed by atoms with Crippen LogP contribution >= 0.6 is 24.0 Å². The fraction of sp³-hybridized carbons (Fsp3) is 0.238. The van der Waals surface area contributed by atoms with Crippen LogP contribution in [0.5, 0.6) is 0 Å². The Hall–Kier alpha value is -2.22. The number of aliphatic imine (C=N–C) groups is 1. The second-order valence-corrected chi connectivity index (χ2v) is 6.29. The van der Waals surface area contributed by atoms with Gasteiger partial charge in [-0.05, 0) is 48.7 Å². The predicted octanol–water partition coefficient (Wildman–Crippen LogP) is 4.73. The summed E-state index contributed by atoms with van der Waals surface area (Å²) in [5.41, 5.74) is 3.64. The molecule has 142 valence electrons. The largest absolute Gasteiger partial charge is 0.352 e. The maximum Gasteiger partial charge on any atom is 0.191 e. The Kier molecular flexibility index (Phi) is 7.53. The quantitative estimate of drug-likeness (QED) is 0.324. The molecule has 2 aromatic carbocycles. The highest BCUT2D eigenvalue weighted by Gasteiger charge is 2.10. The number of nitrogens with one attached hydrogen (secondary N) is 2. The minimum absolute atomic E-state index is 0. The van der Waals surface area contributed by atoms with Crippen molar-refractivity contribution in [3.8, 4) is 0 Å². The van der Waals surface area contributed by atoms with E-state index in [1.165, 1.54) is 0 Å². The first-order valence-corrected chi connectivity index (χ1v) is 8.64. The number of para-hydroxylation sites is 1. The highest BCUT2D eigenvalue weighted by molar-refractivity contribution is 14.0. The van der Waals surface area contributed by atoms with Crippen molar-refractivity contribution in [2.75, 3.05) is 7.05 Å². The van der Waals surface area contributed by atoms with Crippen molar-refractivity contribution < 1.29 is 4.39 Å². The van der Waals surface area contributed by atoms with Gasteiger partial charge >= 0.3 is 0 Å². The number of nitrogens with zero attached hydrogens (tertiary/aromatic N) is 2.